The van der Waals surface area contributed by atoms with Crippen molar-refractivity contribution in [1.29, 1.82) is 0 Å². The van der Waals surface area contributed by atoms with Crippen molar-refractivity contribution in [2.24, 2.45) is 0 Å². The van der Waals surface area contributed by atoms with Crippen LogP contribution in [0.3, 0.4) is 0 Å². The minimum Gasteiger partial charge on any atom is -0.507 e. The third kappa shape index (κ3) is 6.76. The number of aryl methyl sites for hydroxylation is 1. The van der Waals surface area contributed by atoms with Crippen molar-refractivity contribution in [3.63, 3.8) is 0 Å². The number of phenolic OH excluding ortho intramolecular Hbond substituents is 1. The van der Waals surface area contributed by atoms with Crippen LogP contribution >= 0.6 is 0 Å². The third-order valence-corrected chi connectivity index (χ3v) is 6.21. The van der Waals surface area contributed by atoms with Gasteiger partial charge in [0.15, 0.2) is 6.61 Å². The first-order valence-electron chi connectivity index (χ1n) is 12.0. The molecule has 43 heavy (non-hydrogen) atoms. The lowest BCUT2D eigenvalue weighted by Gasteiger charge is -2.41. The van der Waals surface area contributed by atoms with Gasteiger partial charge in [0.05, 0.1) is 0 Å². The van der Waals surface area contributed by atoms with Gasteiger partial charge in [-0.05, 0) is 33.9 Å². The average molecular weight is 660 g/mol. The number of halogens is 15. The second-order valence-electron chi connectivity index (χ2n) is 11.8. The number of rotatable bonds is 10. The molecule has 0 unspecified atom stereocenters. The molecule has 1 N–H and O–H groups in total. The summed E-state index contributed by atoms with van der Waals surface area (Å²) in [5.41, 5.74) is -0.359. The van der Waals surface area contributed by atoms with E-state index in [1.165, 1.54) is 12.1 Å². The van der Waals surface area contributed by atoms with Crippen molar-refractivity contribution in [3.05, 3.63) is 28.8 Å². The molecule has 1 aromatic carbocycles. The van der Waals surface area contributed by atoms with Crippen LogP contribution in [0.15, 0.2) is 12.1 Å². The van der Waals surface area contributed by atoms with Crippen LogP contribution in [0.25, 0.3) is 0 Å². The minimum atomic E-state index is -8.41. The number of alkyl halides is 15. The first-order chi connectivity index (χ1) is 18.6. The molecule has 0 aliphatic heterocycles. The Bertz CT molecular complexity index is 1140. The van der Waals surface area contributed by atoms with E-state index in [1.807, 2.05) is 0 Å². The molecule has 0 saturated heterocycles. The summed E-state index contributed by atoms with van der Waals surface area (Å²) < 4.78 is 203. The molecule has 0 fully saturated rings. The number of carbonyl (C=O) groups excluding carboxylic acids is 1. The Kier molecular flexibility index (Phi) is 9.93. The van der Waals surface area contributed by atoms with E-state index in [0.717, 1.165) is 0 Å². The van der Waals surface area contributed by atoms with Crippen molar-refractivity contribution in [2.45, 2.75) is 107 Å². The Morgan fingerprint density at radius 3 is 1.33 bits per heavy atom. The Hall–Kier alpha value is -2.56. The Morgan fingerprint density at radius 1 is 0.628 bits per heavy atom. The monoisotopic (exact) mass is 660 g/mol. The molecule has 0 amide bonds. The summed E-state index contributed by atoms with van der Waals surface area (Å²) >= 11 is 0. The van der Waals surface area contributed by atoms with Crippen LogP contribution in [0.5, 0.6) is 5.75 Å². The number of carbonyl (C=O) groups is 1. The molecule has 250 valence electrons. The zero-order valence-corrected chi connectivity index (χ0v) is 23.2. The van der Waals surface area contributed by atoms with Gasteiger partial charge in [0.1, 0.15) is 5.75 Å². The fraction of sp³-hybridized carbons (Fsp3) is 0.720. The number of hydrogen-bond donors (Lipinski definition) is 1. The van der Waals surface area contributed by atoms with E-state index in [9.17, 15) is 75.8 Å². The SMILES string of the molecule is CC(C)(C)c1cc(CCC(=O)OCC(F)(F)C(F)(F)C(F)(F)C(F)(F)C(F)(F)C(F)(F)C(F)(F)F)cc(C(C)(C)C)c1O. The molecule has 0 radical (unpaired) electrons. The lowest BCUT2D eigenvalue weighted by atomic mass is 9.78. The Labute approximate surface area is 235 Å². The minimum absolute atomic E-state index is 0.107. The predicted molar refractivity (Wildman–Crippen MR) is 121 cm³/mol. The van der Waals surface area contributed by atoms with Gasteiger partial charge < -0.3 is 9.84 Å². The van der Waals surface area contributed by atoms with E-state index in [2.05, 4.69) is 4.74 Å². The maximum Gasteiger partial charge on any atom is 0.460 e. The van der Waals surface area contributed by atoms with E-state index >= 15 is 0 Å². The van der Waals surface area contributed by atoms with Crippen molar-refractivity contribution >= 4 is 5.97 Å². The zero-order valence-electron chi connectivity index (χ0n) is 23.2. The van der Waals surface area contributed by atoms with Crippen molar-refractivity contribution in [2.75, 3.05) is 6.61 Å². The summed E-state index contributed by atoms with van der Waals surface area (Å²) in [6.45, 7) is 7.04. The second-order valence-corrected chi connectivity index (χ2v) is 11.8. The number of esters is 1. The van der Waals surface area contributed by atoms with Gasteiger partial charge in [0.2, 0.25) is 0 Å². The highest BCUT2D eigenvalue weighted by Crippen LogP contribution is 2.62. The number of ether oxygens (including phenoxy) is 1. The number of hydrogen-bond acceptors (Lipinski definition) is 3. The summed E-state index contributed by atoms with van der Waals surface area (Å²) in [6, 6.07) is 2.81. The zero-order chi connectivity index (χ0) is 34.6. The molecule has 0 spiro atoms. The van der Waals surface area contributed by atoms with Crippen LogP contribution in [-0.4, -0.2) is 59.4 Å². The molecule has 0 aliphatic rings. The van der Waals surface area contributed by atoms with Crippen molar-refractivity contribution in [1.82, 2.24) is 0 Å². The van der Waals surface area contributed by atoms with Gasteiger partial charge in [0, 0.05) is 6.42 Å². The predicted octanol–water partition coefficient (Wildman–Crippen LogP) is 8.84. The fourth-order valence-electron chi connectivity index (χ4n) is 3.56. The molecule has 1 rings (SSSR count). The Morgan fingerprint density at radius 2 is 0.977 bits per heavy atom. The average Bonchev–Trinajstić information content (AvgIpc) is 2.79. The van der Waals surface area contributed by atoms with E-state index < -0.39 is 78.0 Å². The normalized spacial score (nSPS) is 15.1. The van der Waals surface area contributed by atoms with Crippen molar-refractivity contribution < 1.29 is 80.5 Å². The molecule has 0 bridgehead atoms. The Balaban J connectivity index is 3.24. The smallest absolute Gasteiger partial charge is 0.460 e. The van der Waals surface area contributed by atoms with Gasteiger partial charge in [-0.25, -0.2) is 0 Å². The van der Waals surface area contributed by atoms with Crippen LogP contribution in [-0.2, 0) is 26.8 Å². The van der Waals surface area contributed by atoms with E-state index in [-0.39, 0.29) is 11.3 Å². The topological polar surface area (TPSA) is 46.5 Å². The number of benzene rings is 1. The summed E-state index contributed by atoms with van der Waals surface area (Å²) in [7, 11) is 0. The summed E-state index contributed by atoms with van der Waals surface area (Å²) in [5, 5.41) is 10.7. The first kappa shape index (κ1) is 38.5. The van der Waals surface area contributed by atoms with Crippen LogP contribution in [0.1, 0.15) is 64.7 Å². The molecule has 18 heteroatoms. The van der Waals surface area contributed by atoms with E-state index in [4.69, 9.17) is 0 Å². The molecule has 0 heterocycles. The molecule has 3 nitrogen and oxygen atoms in total. The van der Waals surface area contributed by atoms with Crippen LogP contribution in [0.4, 0.5) is 65.9 Å². The second kappa shape index (κ2) is 11.1. The highest BCUT2D eigenvalue weighted by Gasteiger charge is 2.93. The van der Waals surface area contributed by atoms with Gasteiger partial charge in [-0.1, -0.05) is 53.7 Å². The summed E-state index contributed by atoms with van der Waals surface area (Å²) in [5.74, 6) is -49.5. The lowest BCUT2D eigenvalue weighted by molar-refractivity contribution is -0.453. The van der Waals surface area contributed by atoms with Gasteiger partial charge >= 0.3 is 47.7 Å². The van der Waals surface area contributed by atoms with E-state index in [1.54, 1.807) is 41.5 Å². The third-order valence-electron chi connectivity index (χ3n) is 6.21. The fourth-order valence-corrected chi connectivity index (χ4v) is 3.56. The standard InChI is InChI=1S/C25H27F15O3/c1-17(2,3)13-9-12(10-14(16(13)42)18(4,5)6)7-8-15(41)43-11-19(26,27)20(28,29)21(30,31)22(32,33)23(34,35)24(36,37)25(38,39)40/h9-10,42H,7-8,11H2,1-6H3. The molecular formula is C25H27F15O3. The molecule has 0 saturated carbocycles. The highest BCUT2D eigenvalue weighted by molar-refractivity contribution is 5.70. The number of aromatic hydroxyl groups is 1. The van der Waals surface area contributed by atoms with E-state index in [0.29, 0.717) is 11.1 Å². The van der Waals surface area contributed by atoms with Crippen molar-refractivity contribution in [3.8, 4) is 5.75 Å². The largest absolute Gasteiger partial charge is 0.507 e. The quantitative estimate of drug-likeness (QED) is 0.202. The maximum absolute atomic E-state index is 14.0. The lowest BCUT2D eigenvalue weighted by Crippen LogP contribution is -2.73. The summed E-state index contributed by atoms with van der Waals surface area (Å²) in [6.07, 6.45) is -9.04. The molecule has 0 aliphatic carbocycles. The molecule has 0 atom stereocenters. The van der Waals surface area contributed by atoms with Crippen LogP contribution in [0.2, 0.25) is 0 Å². The van der Waals surface area contributed by atoms with Gasteiger partial charge in [-0.3, -0.25) is 4.79 Å². The van der Waals surface area contributed by atoms with Gasteiger partial charge in [-0.15, -0.1) is 0 Å². The first-order valence-corrected chi connectivity index (χ1v) is 12.0. The number of phenols is 1. The highest BCUT2D eigenvalue weighted by atomic mass is 19.4. The van der Waals surface area contributed by atoms with Gasteiger partial charge in [0.25, 0.3) is 0 Å². The van der Waals surface area contributed by atoms with Gasteiger partial charge in [-0.2, -0.15) is 65.9 Å². The molecule has 1 aromatic rings. The molecule has 0 aromatic heterocycles. The van der Waals surface area contributed by atoms with Crippen LogP contribution < -0.4 is 0 Å². The maximum atomic E-state index is 14.0. The molecular weight excluding hydrogens is 633 g/mol. The summed E-state index contributed by atoms with van der Waals surface area (Å²) in [4.78, 5) is 11.9. The van der Waals surface area contributed by atoms with Crippen LogP contribution in [0, 0.1) is 0 Å².